The van der Waals surface area contributed by atoms with Crippen molar-refractivity contribution in [3.63, 3.8) is 0 Å². The first-order valence-corrected chi connectivity index (χ1v) is 9.04. The number of carbonyl (C=O) groups excluding carboxylic acids is 3. The number of primary amides is 1. The Morgan fingerprint density at radius 3 is 2.54 bits per heavy atom. The molecule has 0 aromatic heterocycles. The van der Waals surface area contributed by atoms with Crippen molar-refractivity contribution in [1.82, 2.24) is 5.32 Å². The number of methoxy groups -OCH3 is 2. The number of rotatable bonds is 5. The molecule has 3 unspecified atom stereocenters. The van der Waals surface area contributed by atoms with Crippen LogP contribution in [0, 0.1) is 5.92 Å². The van der Waals surface area contributed by atoms with Gasteiger partial charge >= 0.3 is 0 Å². The normalized spacial score (nSPS) is 24.3. The maximum absolute atomic E-state index is 13.3. The largest absolute Gasteiger partial charge is 0.496 e. The van der Waals surface area contributed by atoms with E-state index >= 15 is 0 Å². The fourth-order valence-corrected chi connectivity index (χ4v) is 3.84. The Labute approximate surface area is 166 Å². The van der Waals surface area contributed by atoms with E-state index in [9.17, 15) is 14.4 Å². The average Bonchev–Trinajstić information content (AvgIpc) is 2.96. The highest BCUT2D eigenvalue weighted by Gasteiger charge is 2.60. The summed E-state index contributed by atoms with van der Waals surface area (Å²) in [5.74, 6) is -1.58. The third kappa shape index (κ3) is 2.79. The van der Waals surface area contributed by atoms with Gasteiger partial charge in [0.15, 0.2) is 5.75 Å². The Morgan fingerprint density at radius 1 is 1.36 bits per heavy atom. The first-order valence-electron chi connectivity index (χ1n) is 8.66. The molecule has 1 aliphatic carbocycles. The van der Waals surface area contributed by atoms with E-state index in [1.807, 2.05) is 0 Å². The van der Waals surface area contributed by atoms with Crippen LogP contribution in [0.5, 0.6) is 17.2 Å². The predicted molar refractivity (Wildman–Crippen MR) is 101 cm³/mol. The van der Waals surface area contributed by atoms with Crippen LogP contribution >= 0.6 is 11.6 Å². The van der Waals surface area contributed by atoms with E-state index in [0.29, 0.717) is 12.1 Å². The number of Topliss-reactive ketones (excluding diaryl/α,β-unsaturated/α-hetero) is 1. The number of halogens is 1. The monoisotopic (exact) mass is 408 g/mol. The second-order valence-electron chi connectivity index (χ2n) is 6.87. The van der Waals surface area contributed by atoms with E-state index in [4.69, 9.17) is 31.5 Å². The molecule has 3 atom stereocenters. The molecule has 0 fully saturated rings. The minimum atomic E-state index is -1.74. The van der Waals surface area contributed by atoms with Crippen molar-refractivity contribution in [2.75, 3.05) is 14.2 Å². The molecule has 28 heavy (non-hydrogen) atoms. The van der Waals surface area contributed by atoms with Gasteiger partial charge in [0.1, 0.15) is 28.1 Å². The summed E-state index contributed by atoms with van der Waals surface area (Å²) in [5.41, 5.74) is 4.14. The Morgan fingerprint density at radius 2 is 2.00 bits per heavy atom. The lowest BCUT2D eigenvalue weighted by Crippen LogP contribution is -2.56. The van der Waals surface area contributed by atoms with Crippen molar-refractivity contribution in [3.05, 3.63) is 28.4 Å². The summed E-state index contributed by atoms with van der Waals surface area (Å²) in [6.45, 7) is 3.32. The minimum absolute atomic E-state index is 0.0679. The molecule has 0 saturated carbocycles. The predicted octanol–water partition coefficient (Wildman–Crippen LogP) is 1.63. The lowest BCUT2D eigenvalue weighted by molar-refractivity contribution is -0.129. The molecule has 0 bridgehead atoms. The van der Waals surface area contributed by atoms with Gasteiger partial charge in [-0.3, -0.25) is 14.4 Å². The van der Waals surface area contributed by atoms with Gasteiger partial charge in [0.2, 0.25) is 23.1 Å². The van der Waals surface area contributed by atoms with Crippen LogP contribution in [0.15, 0.2) is 17.8 Å². The number of fused-ring (bicyclic) bond motifs is 1. The molecule has 0 saturated heterocycles. The number of nitrogens with two attached hydrogens (primary N) is 1. The number of nitrogens with one attached hydrogen (secondary N) is 1. The number of ketones is 2. The number of hydrogen-bond acceptors (Lipinski definition) is 7. The lowest BCUT2D eigenvalue weighted by Gasteiger charge is -2.35. The van der Waals surface area contributed by atoms with Crippen molar-refractivity contribution >= 4 is 29.1 Å². The summed E-state index contributed by atoms with van der Waals surface area (Å²) in [4.78, 5) is 37.6. The maximum atomic E-state index is 13.3. The molecule has 1 spiro atoms. The van der Waals surface area contributed by atoms with Crippen LogP contribution in [0.25, 0.3) is 0 Å². The molecule has 9 heteroatoms. The first-order chi connectivity index (χ1) is 13.2. The van der Waals surface area contributed by atoms with E-state index in [1.54, 1.807) is 13.8 Å². The zero-order valence-corrected chi connectivity index (χ0v) is 16.7. The van der Waals surface area contributed by atoms with Gasteiger partial charge in [-0.05, 0) is 13.3 Å². The Bertz CT molecular complexity index is 912. The molecule has 1 aromatic carbocycles. The van der Waals surface area contributed by atoms with Crippen LogP contribution < -0.4 is 25.3 Å². The number of benzene rings is 1. The number of hydrogen-bond donors (Lipinski definition) is 2. The fourth-order valence-electron chi connectivity index (χ4n) is 3.58. The summed E-state index contributed by atoms with van der Waals surface area (Å²) >= 11 is 6.33. The fraction of sp³-hybridized carbons (Fsp3) is 0.421. The van der Waals surface area contributed by atoms with E-state index in [0.717, 1.165) is 0 Å². The maximum Gasteiger partial charge on any atom is 0.239 e. The molecule has 1 aliphatic heterocycles. The molecule has 2 aliphatic rings. The van der Waals surface area contributed by atoms with Gasteiger partial charge in [-0.2, -0.15) is 0 Å². The second kappa shape index (κ2) is 7.01. The number of ether oxygens (including phenoxy) is 3. The Hall–Kier alpha value is -2.74. The zero-order valence-electron chi connectivity index (χ0n) is 15.9. The molecule has 1 aromatic rings. The molecule has 1 heterocycles. The number of carbonyl (C=O) groups is 3. The molecule has 8 nitrogen and oxygen atoms in total. The Kier molecular flexibility index (Phi) is 5.01. The minimum Gasteiger partial charge on any atom is -0.496 e. The van der Waals surface area contributed by atoms with Crippen LogP contribution in [0.1, 0.15) is 30.6 Å². The standard InChI is InChI=1S/C19H21ClN2O6/c1-8-5-10(22-9(2)18(21)25)6-13(23)19(8)17(24)14-11(26-3)7-12(27-4)15(20)16(14)28-19/h6-9,22H,5H2,1-4H3,(H2,21,25). The third-order valence-corrected chi connectivity index (χ3v) is 5.50. The highest BCUT2D eigenvalue weighted by atomic mass is 35.5. The van der Waals surface area contributed by atoms with Crippen molar-refractivity contribution < 1.29 is 28.6 Å². The van der Waals surface area contributed by atoms with E-state index in [2.05, 4.69) is 5.32 Å². The van der Waals surface area contributed by atoms with Gasteiger partial charge in [-0.1, -0.05) is 18.5 Å². The molecular formula is C19H21ClN2O6. The summed E-state index contributed by atoms with van der Waals surface area (Å²) in [5, 5.41) is 3.00. The summed E-state index contributed by atoms with van der Waals surface area (Å²) in [6, 6.07) is 0.827. The van der Waals surface area contributed by atoms with Crippen LogP contribution in [-0.2, 0) is 9.59 Å². The van der Waals surface area contributed by atoms with Gasteiger partial charge in [-0.25, -0.2) is 0 Å². The van der Waals surface area contributed by atoms with Gasteiger partial charge in [0, 0.05) is 23.8 Å². The molecule has 150 valence electrons. The van der Waals surface area contributed by atoms with E-state index in [1.165, 1.54) is 26.4 Å². The molecule has 3 N–H and O–H groups in total. The molecule has 0 radical (unpaired) electrons. The number of amides is 1. The van der Waals surface area contributed by atoms with Gasteiger partial charge < -0.3 is 25.3 Å². The number of allylic oxidation sites excluding steroid dienone is 1. The zero-order chi connectivity index (χ0) is 20.8. The lowest BCUT2D eigenvalue weighted by atomic mass is 9.74. The highest BCUT2D eigenvalue weighted by molar-refractivity contribution is 6.36. The van der Waals surface area contributed by atoms with Crippen molar-refractivity contribution in [3.8, 4) is 17.2 Å². The van der Waals surface area contributed by atoms with Crippen LogP contribution in [0.2, 0.25) is 5.02 Å². The topological polar surface area (TPSA) is 117 Å². The van der Waals surface area contributed by atoms with Crippen LogP contribution in [0.4, 0.5) is 0 Å². The van der Waals surface area contributed by atoms with E-state index in [-0.39, 0.29) is 27.8 Å². The van der Waals surface area contributed by atoms with Gasteiger partial charge in [0.05, 0.1) is 14.2 Å². The first kappa shape index (κ1) is 20.0. The second-order valence-corrected chi connectivity index (χ2v) is 7.25. The summed E-state index contributed by atoms with van der Waals surface area (Å²) < 4.78 is 16.4. The average molecular weight is 409 g/mol. The molecular weight excluding hydrogens is 388 g/mol. The van der Waals surface area contributed by atoms with Gasteiger partial charge in [-0.15, -0.1) is 0 Å². The summed E-state index contributed by atoms with van der Waals surface area (Å²) in [6.07, 6.45) is 1.58. The SMILES string of the molecule is COc1cc(OC)c2c(c1Cl)OC1(C(=O)C=C(NC(C)C(N)=O)CC1C)C2=O. The third-order valence-electron chi connectivity index (χ3n) is 5.14. The van der Waals surface area contributed by atoms with Crippen molar-refractivity contribution in [2.45, 2.75) is 31.9 Å². The van der Waals surface area contributed by atoms with Crippen LogP contribution in [0.3, 0.4) is 0 Å². The van der Waals surface area contributed by atoms with Crippen LogP contribution in [-0.4, -0.2) is 43.3 Å². The van der Waals surface area contributed by atoms with Crippen molar-refractivity contribution in [1.29, 1.82) is 0 Å². The van der Waals surface area contributed by atoms with E-state index < -0.39 is 35.0 Å². The molecule has 3 rings (SSSR count). The quantitative estimate of drug-likeness (QED) is 0.711. The smallest absolute Gasteiger partial charge is 0.239 e. The Balaban J connectivity index is 2.05. The molecule has 1 amide bonds. The van der Waals surface area contributed by atoms with Gasteiger partial charge in [0.25, 0.3) is 0 Å². The van der Waals surface area contributed by atoms with Crippen molar-refractivity contribution in [2.24, 2.45) is 11.7 Å². The highest BCUT2D eigenvalue weighted by Crippen LogP contribution is 2.52. The summed E-state index contributed by atoms with van der Waals surface area (Å²) in [7, 11) is 2.83.